The van der Waals surface area contributed by atoms with Crippen molar-refractivity contribution in [2.75, 3.05) is 51.2 Å². The molecule has 174 valence electrons. The van der Waals surface area contributed by atoms with Crippen molar-refractivity contribution < 1.29 is 13.9 Å². The van der Waals surface area contributed by atoms with E-state index in [9.17, 15) is 9.59 Å². The lowest BCUT2D eigenvalue weighted by Gasteiger charge is -2.34. The van der Waals surface area contributed by atoms with Gasteiger partial charge >= 0.3 is 5.63 Å². The van der Waals surface area contributed by atoms with Crippen molar-refractivity contribution in [3.05, 3.63) is 70.6 Å². The second kappa shape index (κ2) is 11.0. The molecular weight excluding hydrogens is 418 g/mol. The molecule has 7 heteroatoms. The zero-order valence-electron chi connectivity index (χ0n) is 19.1. The summed E-state index contributed by atoms with van der Waals surface area (Å²) in [5, 5.41) is 4.26. The van der Waals surface area contributed by atoms with Crippen molar-refractivity contribution in [2.24, 2.45) is 0 Å². The molecule has 1 aromatic heterocycles. The number of rotatable bonds is 9. The van der Waals surface area contributed by atoms with Gasteiger partial charge in [-0.25, -0.2) is 4.79 Å². The van der Waals surface area contributed by atoms with Crippen molar-refractivity contribution in [1.29, 1.82) is 0 Å². The maximum atomic E-state index is 12.8. The monoisotopic (exact) mass is 449 g/mol. The minimum atomic E-state index is -0.358. The van der Waals surface area contributed by atoms with E-state index in [0.717, 1.165) is 49.3 Å². The molecule has 3 aromatic rings. The number of unbranched alkanes of at least 4 members (excludes halogenated alkanes) is 1. The molecule has 2 heterocycles. The van der Waals surface area contributed by atoms with E-state index in [1.54, 1.807) is 6.07 Å². The standard InChI is InChI=1S/C26H31N3O4/c1-2-3-18-32-21-10-8-20(9-11-21)26(31)29-16-14-28(15-17-29)13-12-27-23-19-25(30)33-24-7-5-4-6-22(23)24/h4-11,19,27H,2-3,12-18H2,1H3. The van der Waals surface area contributed by atoms with Crippen LogP contribution in [0.15, 0.2) is 63.8 Å². The molecule has 1 fully saturated rings. The second-order valence-electron chi connectivity index (χ2n) is 8.26. The van der Waals surface area contributed by atoms with Gasteiger partial charge in [0.15, 0.2) is 0 Å². The number of nitrogens with one attached hydrogen (secondary N) is 1. The molecule has 0 bridgehead atoms. The van der Waals surface area contributed by atoms with Crippen LogP contribution >= 0.6 is 0 Å². The lowest BCUT2D eigenvalue weighted by Crippen LogP contribution is -2.49. The van der Waals surface area contributed by atoms with Crippen LogP contribution in [0.1, 0.15) is 30.1 Å². The van der Waals surface area contributed by atoms with Gasteiger partial charge in [0.2, 0.25) is 0 Å². The van der Waals surface area contributed by atoms with E-state index >= 15 is 0 Å². The van der Waals surface area contributed by atoms with Gasteiger partial charge in [-0.15, -0.1) is 0 Å². The Morgan fingerprint density at radius 3 is 2.58 bits per heavy atom. The smallest absolute Gasteiger partial charge is 0.338 e. The van der Waals surface area contributed by atoms with Crippen LogP contribution in [-0.2, 0) is 0 Å². The van der Waals surface area contributed by atoms with E-state index < -0.39 is 0 Å². The number of carbonyl (C=O) groups is 1. The lowest BCUT2D eigenvalue weighted by molar-refractivity contribution is 0.0642. The Kier molecular flexibility index (Phi) is 7.62. The van der Waals surface area contributed by atoms with E-state index in [0.29, 0.717) is 37.4 Å². The van der Waals surface area contributed by atoms with E-state index in [4.69, 9.17) is 9.15 Å². The molecule has 1 aliphatic heterocycles. The summed E-state index contributed by atoms with van der Waals surface area (Å²) in [6.45, 7) is 7.42. The number of amides is 1. The van der Waals surface area contributed by atoms with Crippen molar-refractivity contribution in [2.45, 2.75) is 19.8 Å². The van der Waals surface area contributed by atoms with Crippen molar-refractivity contribution >= 4 is 22.6 Å². The molecule has 1 aliphatic rings. The Bertz CT molecular complexity index is 1120. The van der Waals surface area contributed by atoms with Crippen molar-refractivity contribution in [3.8, 4) is 5.75 Å². The van der Waals surface area contributed by atoms with Gasteiger partial charge < -0.3 is 19.4 Å². The summed E-state index contributed by atoms with van der Waals surface area (Å²) in [5.41, 5.74) is 1.71. The highest BCUT2D eigenvalue weighted by molar-refractivity contribution is 5.94. The molecule has 1 saturated heterocycles. The molecule has 0 spiro atoms. The summed E-state index contributed by atoms with van der Waals surface area (Å²) in [6.07, 6.45) is 2.12. The third kappa shape index (κ3) is 5.93. The molecule has 7 nitrogen and oxygen atoms in total. The van der Waals surface area contributed by atoms with Crippen LogP contribution in [0.25, 0.3) is 11.0 Å². The predicted octanol–water partition coefficient (Wildman–Crippen LogP) is 3.84. The average molecular weight is 450 g/mol. The molecule has 0 unspecified atom stereocenters. The maximum Gasteiger partial charge on any atom is 0.338 e. The zero-order valence-corrected chi connectivity index (χ0v) is 19.1. The molecule has 0 atom stereocenters. The second-order valence-corrected chi connectivity index (χ2v) is 8.26. The number of ether oxygens (including phenoxy) is 1. The fourth-order valence-corrected chi connectivity index (χ4v) is 3.99. The number of hydrogen-bond acceptors (Lipinski definition) is 6. The number of carbonyl (C=O) groups excluding carboxylic acids is 1. The van der Waals surface area contributed by atoms with Gasteiger partial charge in [-0.05, 0) is 42.8 Å². The summed E-state index contributed by atoms with van der Waals surface area (Å²) in [5.74, 6) is 0.872. The van der Waals surface area contributed by atoms with Gasteiger partial charge in [0.25, 0.3) is 5.91 Å². The van der Waals surface area contributed by atoms with E-state index in [1.807, 2.05) is 47.4 Å². The van der Waals surface area contributed by atoms with Crippen LogP contribution in [0.5, 0.6) is 5.75 Å². The lowest BCUT2D eigenvalue weighted by atomic mass is 10.1. The third-order valence-corrected chi connectivity index (χ3v) is 5.92. The van der Waals surface area contributed by atoms with Gasteiger partial charge in [-0.2, -0.15) is 0 Å². The average Bonchev–Trinajstić information content (AvgIpc) is 2.84. The summed E-state index contributed by atoms with van der Waals surface area (Å²) < 4.78 is 10.9. The fraction of sp³-hybridized carbons (Fsp3) is 0.385. The highest BCUT2D eigenvalue weighted by atomic mass is 16.5. The number of benzene rings is 2. The van der Waals surface area contributed by atoms with Crippen molar-refractivity contribution in [1.82, 2.24) is 9.80 Å². The molecule has 33 heavy (non-hydrogen) atoms. The number of piperazine rings is 1. The minimum absolute atomic E-state index is 0.0652. The van der Waals surface area contributed by atoms with E-state index in [-0.39, 0.29) is 11.5 Å². The number of para-hydroxylation sites is 1. The number of hydrogen-bond donors (Lipinski definition) is 1. The van der Waals surface area contributed by atoms with Crippen LogP contribution in [0.4, 0.5) is 5.69 Å². The summed E-state index contributed by atoms with van der Waals surface area (Å²) in [7, 11) is 0. The number of fused-ring (bicyclic) bond motifs is 1. The summed E-state index contributed by atoms with van der Waals surface area (Å²) in [6, 6.07) is 16.5. The first-order valence-electron chi connectivity index (χ1n) is 11.7. The maximum absolute atomic E-state index is 12.8. The number of anilines is 1. The summed E-state index contributed by atoms with van der Waals surface area (Å²) in [4.78, 5) is 28.9. The minimum Gasteiger partial charge on any atom is -0.494 e. The number of nitrogens with zero attached hydrogens (tertiary/aromatic N) is 2. The Morgan fingerprint density at radius 2 is 1.82 bits per heavy atom. The highest BCUT2D eigenvalue weighted by Crippen LogP contribution is 2.21. The third-order valence-electron chi connectivity index (χ3n) is 5.92. The Labute approximate surface area is 193 Å². The Balaban J connectivity index is 1.24. The normalized spacial score (nSPS) is 14.4. The topological polar surface area (TPSA) is 75.0 Å². The zero-order chi connectivity index (χ0) is 23.0. The van der Waals surface area contributed by atoms with Crippen LogP contribution in [-0.4, -0.2) is 61.6 Å². The predicted molar refractivity (Wildman–Crippen MR) is 130 cm³/mol. The first-order valence-corrected chi connectivity index (χ1v) is 11.7. The first-order chi connectivity index (χ1) is 16.1. The molecule has 0 saturated carbocycles. The SMILES string of the molecule is CCCCOc1ccc(C(=O)N2CCN(CCNc3cc(=O)oc4ccccc34)CC2)cc1. The van der Waals surface area contributed by atoms with Gasteiger partial charge in [-0.3, -0.25) is 9.69 Å². The molecule has 0 aliphatic carbocycles. The largest absolute Gasteiger partial charge is 0.494 e. The van der Waals surface area contributed by atoms with Crippen LogP contribution in [0, 0.1) is 0 Å². The molecule has 2 aromatic carbocycles. The van der Waals surface area contributed by atoms with Crippen molar-refractivity contribution in [3.63, 3.8) is 0 Å². The fourth-order valence-electron chi connectivity index (χ4n) is 3.99. The molecule has 4 rings (SSSR count). The first kappa shape index (κ1) is 22.9. The van der Waals surface area contributed by atoms with Gasteiger partial charge in [0.05, 0.1) is 12.3 Å². The quantitative estimate of drug-likeness (QED) is 0.395. The van der Waals surface area contributed by atoms with Crippen LogP contribution in [0.2, 0.25) is 0 Å². The molecule has 1 amide bonds. The highest BCUT2D eigenvalue weighted by Gasteiger charge is 2.22. The molecular formula is C26H31N3O4. The van der Waals surface area contributed by atoms with Crippen LogP contribution in [0.3, 0.4) is 0 Å². The van der Waals surface area contributed by atoms with Gasteiger partial charge in [-0.1, -0.05) is 25.5 Å². The van der Waals surface area contributed by atoms with Gasteiger partial charge in [0, 0.05) is 56.3 Å². The van der Waals surface area contributed by atoms with Crippen LogP contribution < -0.4 is 15.7 Å². The molecule has 1 N–H and O–H groups in total. The van der Waals surface area contributed by atoms with E-state index in [2.05, 4.69) is 17.1 Å². The van der Waals surface area contributed by atoms with E-state index in [1.165, 1.54) is 6.07 Å². The Hall–Kier alpha value is -3.32. The van der Waals surface area contributed by atoms with Gasteiger partial charge in [0.1, 0.15) is 11.3 Å². The molecule has 0 radical (unpaired) electrons. The Morgan fingerprint density at radius 1 is 1.06 bits per heavy atom. The summed E-state index contributed by atoms with van der Waals surface area (Å²) >= 11 is 0.